The number of nitrogens with zero attached hydrogens (tertiary/aromatic N) is 2. The van der Waals surface area contributed by atoms with Crippen LogP contribution in [0.3, 0.4) is 0 Å². The molecule has 6 nitrogen and oxygen atoms in total. The predicted octanol–water partition coefficient (Wildman–Crippen LogP) is 5.59. The van der Waals surface area contributed by atoms with Crippen LogP contribution in [0.5, 0.6) is 0 Å². The zero-order valence-corrected chi connectivity index (χ0v) is 17.4. The Kier molecular flexibility index (Phi) is 5.09. The molecule has 5 aromatic rings. The van der Waals surface area contributed by atoms with Crippen molar-refractivity contribution in [3.05, 3.63) is 96.6 Å². The molecule has 0 spiro atoms. The molecule has 32 heavy (non-hydrogen) atoms. The third kappa shape index (κ3) is 3.58. The normalized spacial score (nSPS) is 10.8. The molecule has 0 aliphatic rings. The lowest BCUT2D eigenvalue weighted by Crippen LogP contribution is -2.06. The highest BCUT2D eigenvalue weighted by molar-refractivity contribution is 6.03. The largest absolute Gasteiger partial charge is 0.465 e. The topological polar surface area (TPSA) is 83.7 Å². The van der Waals surface area contributed by atoms with Crippen molar-refractivity contribution in [3.8, 4) is 45.0 Å². The summed E-state index contributed by atoms with van der Waals surface area (Å²) in [5.74, 6) is -0.441. The minimum absolute atomic E-state index is 0.423. The Bertz CT molecular complexity index is 1280. The molecule has 2 aromatic heterocycles. The summed E-state index contributed by atoms with van der Waals surface area (Å²) in [6, 6.07) is 29.3. The van der Waals surface area contributed by atoms with E-state index in [4.69, 9.17) is 4.74 Å². The number of benzene rings is 3. The van der Waals surface area contributed by atoms with Crippen molar-refractivity contribution in [2.45, 2.75) is 0 Å². The van der Waals surface area contributed by atoms with Gasteiger partial charge in [0.25, 0.3) is 0 Å². The first kappa shape index (κ1) is 19.5. The van der Waals surface area contributed by atoms with Crippen LogP contribution in [-0.2, 0) is 4.74 Å². The second-order valence-corrected chi connectivity index (χ2v) is 7.29. The van der Waals surface area contributed by atoms with Gasteiger partial charge in [0.15, 0.2) is 0 Å². The molecule has 156 valence electrons. The van der Waals surface area contributed by atoms with Crippen molar-refractivity contribution in [2.75, 3.05) is 7.11 Å². The Morgan fingerprint density at radius 2 is 1.16 bits per heavy atom. The fraction of sp³-hybridized carbons (Fsp3) is 0.0385. The van der Waals surface area contributed by atoms with Gasteiger partial charge in [-0.2, -0.15) is 10.2 Å². The summed E-state index contributed by atoms with van der Waals surface area (Å²) in [4.78, 5) is 12.9. The minimum Gasteiger partial charge on any atom is -0.465 e. The number of methoxy groups -OCH3 is 1. The van der Waals surface area contributed by atoms with E-state index in [0.29, 0.717) is 28.1 Å². The SMILES string of the molecule is COC(=O)c1c(-c2cc(-c3ccccc3)[nH]n2)cccc1-c1cc(-c2ccccc2)[nH]n1. The zero-order valence-electron chi connectivity index (χ0n) is 17.4. The third-order valence-corrected chi connectivity index (χ3v) is 5.33. The first-order chi connectivity index (χ1) is 15.7. The molecule has 2 heterocycles. The number of aromatic amines is 2. The zero-order chi connectivity index (χ0) is 21.9. The molecule has 5 rings (SSSR count). The van der Waals surface area contributed by atoms with Gasteiger partial charge in [-0.1, -0.05) is 78.9 Å². The van der Waals surface area contributed by atoms with Gasteiger partial charge < -0.3 is 4.74 Å². The van der Waals surface area contributed by atoms with Crippen LogP contribution >= 0.6 is 0 Å². The summed E-state index contributed by atoms with van der Waals surface area (Å²) in [5, 5.41) is 15.1. The van der Waals surface area contributed by atoms with E-state index in [2.05, 4.69) is 20.4 Å². The number of H-pyrrole nitrogens is 2. The molecule has 0 aliphatic heterocycles. The number of ether oxygens (including phenoxy) is 1. The van der Waals surface area contributed by atoms with E-state index in [-0.39, 0.29) is 0 Å². The summed E-state index contributed by atoms with van der Waals surface area (Å²) in [6.07, 6.45) is 0. The highest BCUT2D eigenvalue weighted by atomic mass is 16.5. The summed E-state index contributed by atoms with van der Waals surface area (Å²) < 4.78 is 5.13. The van der Waals surface area contributed by atoms with E-state index in [9.17, 15) is 4.79 Å². The lowest BCUT2D eigenvalue weighted by atomic mass is 9.96. The van der Waals surface area contributed by atoms with Gasteiger partial charge in [0, 0.05) is 11.1 Å². The van der Waals surface area contributed by atoms with Crippen molar-refractivity contribution < 1.29 is 9.53 Å². The summed E-state index contributed by atoms with van der Waals surface area (Å²) in [6.45, 7) is 0. The van der Waals surface area contributed by atoms with Gasteiger partial charge in [-0.05, 0) is 23.3 Å². The Balaban J connectivity index is 1.61. The van der Waals surface area contributed by atoms with Crippen LogP contribution in [0, 0.1) is 0 Å². The van der Waals surface area contributed by atoms with Crippen LogP contribution in [-0.4, -0.2) is 33.5 Å². The molecule has 0 radical (unpaired) electrons. The van der Waals surface area contributed by atoms with E-state index in [1.54, 1.807) is 0 Å². The monoisotopic (exact) mass is 420 g/mol. The maximum Gasteiger partial charge on any atom is 0.339 e. The third-order valence-electron chi connectivity index (χ3n) is 5.33. The van der Waals surface area contributed by atoms with Crippen LogP contribution in [0.4, 0.5) is 0 Å². The molecule has 0 fully saturated rings. The number of esters is 1. The second kappa shape index (κ2) is 8.35. The van der Waals surface area contributed by atoms with E-state index >= 15 is 0 Å². The Hall–Kier alpha value is -4.45. The van der Waals surface area contributed by atoms with E-state index < -0.39 is 5.97 Å². The van der Waals surface area contributed by atoms with Gasteiger partial charge >= 0.3 is 5.97 Å². The summed E-state index contributed by atoms with van der Waals surface area (Å²) in [5.41, 5.74) is 6.86. The average Bonchev–Trinajstić information content (AvgIpc) is 3.55. The van der Waals surface area contributed by atoms with Crippen molar-refractivity contribution in [1.29, 1.82) is 0 Å². The number of hydrogen-bond donors (Lipinski definition) is 2. The van der Waals surface area contributed by atoms with Gasteiger partial charge in [-0.3, -0.25) is 10.2 Å². The molecule has 0 atom stereocenters. The molecule has 0 saturated carbocycles. The van der Waals surface area contributed by atoms with Gasteiger partial charge in [0.1, 0.15) is 0 Å². The van der Waals surface area contributed by atoms with Crippen LogP contribution in [0.25, 0.3) is 45.0 Å². The Morgan fingerprint density at radius 3 is 1.59 bits per heavy atom. The van der Waals surface area contributed by atoms with Crippen molar-refractivity contribution >= 4 is 5.97 Å². The number of carbonyl (C=O) groups is 1. The average molecular weight is 420 g/mol. The molecule has 0 saturated heterocycles. The lowest BCUT2D eigenvalue weighted by Gasteiger charge is -2.10. The highest BCUT2D eigenvalue weighted by Crippen LogP contribution is 2.34. The Labute approximate surface area is 184 Å². The van der Waals surface area contributed by atoms with Gasteiger partial charge in [0.2, 0.25) is 0 Å². The van der Waals surface area contributed by atoms with Gasteiger partial charge in [-0.15, -0.1) is 0 Å². The number of rotatable bonds is 5. The smallest absolute Gasteiger partial charge is 0.339 e. The van der Waals surface area contributed by atoms with E-state index in [1.165, 1.54) is 7.11 Å². The summed E-state index contributed by atoms with van der Waals surface area (Å²) >= 11 is 0. The lowest BCUT2D eigenvalue weighted by molar-refractivity contribution is 0.0602. The minimum atomic E-state index is -0.441. The van der Waals surface area contributed by atoms with Crippen molar-refractivity contribution in [3.63, 3.8) is 0 Å². The molecule has 6 heteroatoms. The number of carbonyl (C=O) groups excluding carboxylic acids is 1. The van der Waals surface area contributed by atoms with E-state index in [0.717, 1.165) is 22.5 Å². The van der Waals surface area contributed by atoms with Crippen LogP contribution < -0.4 is 0 Å². The molecule has 0 bridgehead atoms. The fourth-order valence-electron chi connectivity index (χ4n) is 3.75. The molecule has 0 unspecified atom stereocenters. The summed E-state index contributed by atoms with van der Waals surface area (Å²) in [7, 11) is 1.38. The van der Waals surface area contributed by atoms with Crippen LogP contribution in [0.1, 0.15) is 10.4 Å². The Morgan fingerprint density at radius 1 is 0.688 bits per heavy atom. The maximum absolute atomic E-state index is 12.9. The van der Waals surface area contributed by atoms with Crippen LogP contribution in [0.2, 0.25) is 0 Å². The highest BCUT2D eigenvalue weighted by Gasteiger charge is 2.22. The molecular formula is C26H20N4O2. The van der Waals surface area contributed by atoms with Gasteiger partial charge in [-0.25, -0.2) is 4.79 Å². The quantitative estimate of drug-likeness (QED) is 0.363. The fourth-order valence-corrected chi connectivity index (χ4v) is 3.75. The van der Waals surface area contributed by atoms with Crippen molar-refractivity contribution in [2.24, 2.45) is 0 Å². The molecule has 3 aromatic carbocycles. The molecule has 2 N–H and O–H groups in total. The number of nitrogens with one attached hydrogen (secondary N) is 2. The number of hydrogen-bond acceptors (Lipinski definition) is 4. The first-order valence-electron chi connectivity index (χ1n) is 10.2. The van der Waals surface area contributed by atoms with E-state index in [1.807, 2.05) is 91.0 Å². The van der Waals surface area contributed by atoms with Gasteiger partial charge in [0.05, 0.1) is 35.4 Å². The predicted molar refractivity (Wildman–Crippen MR) is 124 cm³/mol. The standard InChI is InChI=1S/C26H20N4O2/c1-32-26(31)25-19(23-15-21(27-29-23)17-9-4-2-5-10-17)13-8-14-20(25)24-16-22(28-30-24)18-11-6-3-7-12-18/h2-16H,1H3,(H,27,29)(H,28,30). The second-order valence-electron chi connectivity index (χ2n) is 7.29. The first-order valence-corrected chi connectivity index (χ1v) is 10.2. The van der Waals surface area contributed by atoms with Crippen LogP contribution in [0.15, 0.2) is 91.0 Å². The molecule has 0 amide bonds. The molecule has 0 aliphatic carbocycles. The number of aromatic nitrogens is 4. The van der Waals surface area contributed by atoms with Crippen molar-refractivity contribution in [1.82, 2.24) is 20.4 Å². The maximum atomic E-state index is 12.9. The molecular weight excluding hydrogens is 400 g/mol.